The summed E-state index contributed by atoms with van der Waals surface area (Å²) in [4.78, 5) is 22.1. The fourth-order valence-corrected chi connectivity index (χ4v) is 1.51. The standard InChI is InChI=1S/C13H16ClNO4/c1-10(16)19-12(7-14)8-15-13(17)18-9-11-5-3-2-4-6-11/h2-6,12H,7-9H2,1H3,(H,15,17)/t12-/m0/s1. The van der Waals surface area contributed by atoms with Crippen LogP contribution in [0, 0.1) is 0 Å². The average Bonchev–Trinajstić information content (AvgIpc) is 2.42. The van der Waals surface area contributed by atoms with Crippen molar-refractivity contribution in [2.45, 2.75) is 19.6 Å². The van der Waals surface area contributed by atoms with Crippen LogP contribution in [0.3, 0.4) is 0 Å². The molecule has 0 bridgehead atoms. The molecule has 0 spiro atoms. The molecular formula is C13H16ClNO4. The summed E-state index contributed by atoms with van der Waals surface area (Å²) in [7, 11) is 0. The maximum Gasteiger partial charge on any atom is 0.407 e. The Morgan fingerprint density at radius 3 is 2.58 bits per heavy atom. The van der Waals surface area contributed by atoms with Crippen molar-refractivity contribution in [2.24, 2.45) is 0 Å². The van der Waals surface area contributed by atoms with Crippen LogP contribution in [0.5, 0.6) is 0 Å². The van der Waals surface area contributed by atoms with Crippen molar-refractivity contribution in [2.75, 3.05) is 12.4 Å². The fraction of sp³-hybridized carbons (Fsp3) is 0.385. The van der Waals surface area contributed by atoms with E-state index in [2.05, 4.69) is 5.32 Å². The van der Waals surface area contributed by atoms with E-state index in [1.807, 2.05) is 30.3 Å². The van der Waals surface area contributed by atoms with Gasteiger partial charge in [-0.3, -0.25) is 4.79 Å². The first-order valence-corrected chi connectivity index (χ1v) is 6.33. The lowest BCUT2D eigenvalue weighted by Crippen LogP contribution is -2.35. The van der Waals surface area contributed by atoms with Crippen LogP contribution in [-0.4, -0.2) is 30.6 Å². The number of rotatable bonds is 6. The summed E-state index contributed by atoms with van der Waals surface area (Å²) in [5.41, 5.74) is 0.895. The van der Waals surface area contributed by atoms with E-state index in [0.29, 0.717) is 0 Å². The highest BCUT2D eigenvalue weighted by molar-refractivity contribution is 6.18. The number of hydrogen-bond donors (Lipinski definition) is 1. The second-order valence-electron chi connectivity index (χ2n) is 3.83. The van der Waals surface area contributed by atoms with Crippen molar-refractivity contribution in [3.05, 3.63) is 35.9 Å². The SMILES string of the molecule is CC(=O)O[C@@H](CCl)CNC(=O)OCc1ccccc1. The molecule has 0 fully saturated rings. The first kappa shape index (κ1) is 15.3. The highest BCUT2D eigenvalue weighted by Gasteiger charge is 2.12. The Morgan fingerprint density at radius 2 is 2.00 bits per heavy atom. The Morgan fingerprint density at radius 1 is 1.32 bits per heavy atom. The van der Waals surface area contributed by atoms with Gasteiger partial charge in [-0.2, -0.15) is 0 Å². The van der Waals surface area contributed by atoms with Gasteiger partial charge in [0, 0.05) is 6.92 Å². The summed E-state index contributed by atoms with van der Waals surface area (Å²) >= 11 is 5.60. The zero-order valence-corrected chi connectivity index (χ0v) is 11.4. The van der Waals surface area contributed by atoms with Crippen LogP contribution < -0.4 is 5.32 Å². The van der Waals surface area contributed by atoms with Gasteiger partial charge in [-0.25, -0.2) is 4.79 Å². The Kier molecular flexibility index (Phi) is 6.74. The van der Waals surface area contributed by atoms with Crippen LogP contribution in [0.15, 0.2) is 30.3 Å². The molecule has 5 nitrogen and oxygen atoms in total. The van der Waals surface area contributed by atoms with Gasteiger partial charge in [-0.15, -0.1) is 11.6 Å². The van der Waals surface area contributed by atoms with E-state index in [9.17, 15) is 9.59 Å². The molecule has 0 saturated heterocycles. The number of amides is 1. The van der Waals surface area contributed by atoms with Crippen molar-refractivity contribution >= 4 is 23.7 Å². The Balaban J connectivity index is 2.25. The van der Waals surface area contributed by atoms with E-state index in [4.69, 9.17) is 21.1 Å². The van der Waals surface area contributed by atoms with E-state index in [1.54, 1.807) is 0 Å². The molecule has 0 aliphatic heterocycles. The molecule has 0 aliphatic rings. The number of ether oxygens (including phenoxy) is 2. The quantitative estimate of drug-likeness (QED) is 0.642. The number of carbonyl (C=O) groups is 2. The van der Waals surface area contributed by atoms with Crippen LogP contribution in [0.25, 0.3) is 0 Å². The minimum absolute atomic E-state index is 0.110. The van der Waals surface area contributed by atoms with Gasteiger partial charge in [0.1, 0.15) is 12.7 Å². The molecule has 1 aromatic carbocycles. The predicted octanol–water partition coefficient (Wildman–Crippen LogP) is 2.08. The van der Waals surface area contributed by atoms with Crippen LogP contribution in [0.2, 0.25) is 0 Å². The number of alkyl halides is 1. The van der Waals surface area contributed by atoms with Crippen LogP contribution in [0.1, 0.15) is 12.5 Å². The summed E-state index contributed by atoms with van der Waals surface area (Å²) in [6.07, 6.45) is -1.13. The number of alkyl carbamates (subject to hydrolysis) is 1. The number of hydrogen-bond acceptors (Lipinski definition) is 4. The molecule has 0 unspecified atom stereocenters. The molecule has 0 aromatic heterocycles. The molecule has 1 aromatic rings. The number of halogens is 1. The second-order valence-corrected chi connectivity index (χ2v) is 4.14. The van der Waals surface area contributed by atoms with Gasteiger partial charge in [0.05, 0.1) is 12.4 Å². The normalized spacial score (nSPS) is 11.5. The molecule has 0 radical (unpaired) electrons. The topological polar surface area (TPSA) is 64.6 Å². The van der Waals surface area contributed by atoms with Gasteiger partial charge in [0.2, 0.25) is 0 Å². The summed E-state index contributed by atoms with van der Waals surface area (Å²) in [5.74, 6) is -0.330. The Hall–Kier alpha value is -1.75. The minimum atomic E-state index is -0.578. The zero-order chi connectivity index (χ0) is 14.1. The van der Waals surface area contributed by atoms with Crippen molar-refractivity contribution in [3.8, 4) is 0 Å². The van der Waals surface area contributed by atoms with Gasteiger partial charge >= 0.3 is 12.1 Å². The van der Waals surface area contributed by atoms with Crippen molar-refractivity contribution in [1.82, 2.24) is 5.32 Å². The fourth-order valence-electron chi connectivity index (χ4n) is 1.33. The molecular weight excluding hydrogens is 270 g/mol. The van der Waals surface area contributed by atoms with Crippen molar-refractivity contribution in [1.29, 1.82) is 0 Å². The van der Waals surface area contributed by atoms with Gasteiger partial charge in [-0.1, -0.05) is 30.3 Å². The van der Waals surface area contributed by atoms with E-state index in [0.717, 1.165) is 5.56 Å². The summed E-state index contributed by atoms with van der Waals surface area (Å²) < 4.78 is 9.87. The Labute approximate surface area is 116 Å². The Bertz CT molecular complexity index is 410. The molecule has 19 heavy (non-hydrogen) atoms. The second kappa shape index (κ2) is 8.37. The lowest BCUT2D eigenvalue weighted by molar-refractivity contribution is -0.145. The molecule has 0 heterocycles. The minimum Gasteiger partial charge on any atom is -0.459 e. The lowest BCUT2D eigenvalue weighted by Gasteiger charge is -2.14. The first-order valence-electron chi connectivity index (χ1n) is 5.79. The maximum absolute atomic E-state index is 11.4. The third-order valence-electron chi connectivity index (χ3n) is 2.19. The van der Waals surface area contributed by atoms with Crippen LogP contribution in [0.4, 0.5) is 4.79 Å². The summed E-state index contributed by atoms with van der Waals surface area (Å²) in [6, 6.07) is 9.32. The number of carbonyl (C=O) groups excluding carboxylic acids is 2. The van der Waals surface area contributed by atoms with Crippen LogP contribution in [-0.2, 0) is 20.9 Å². The molecule has 6 heteroatoms. The van der Waals surface area contributed by atoms with Gasteiger partial charge in [0.25, 0.3) is 0 Å². The predicted molar refractivity (Wildman–Crippen MR) is 70.9 cm³/mol. The zero-order valence-electron chi connectivity index (χ0n) is 10.6. The largest absolute Gasteiger partial charge is 0.459 e. The molecule has 0 saturated carbocycles. The molecule has 1 atom stereocenters. The molecule has 0 aliphatic carbocycles. The van der Waals surface area contributed by atoms with Gasteiger partial charge in [0.15, 0.2) is 0 Å². The molecule has 104 valence electrons. The third-order valence-corrected chi connectivity index (χ3v) is 2.54. The number of esters is 1. The van der Waals surface area contributed by atoms with Crippen molar-refractivity contribution in [3.63, 3.8) is 0 Å². The highest BCUT2D eigenvalue weighted by Crippen LogP contribution is 2.01. The number of benzene rings is 1. The van der Waals surface area contributed by atoms with E-state index >= 15 is 0 Å². The van der Waals surface area contributed by atoms with Crippen molar-refractivity contribution < 1.29 is 19.1 Å². The van der Waals surface area contributed by atoms with E-state index in [1.165, 1.54) is 6.92 Å². The third kappa shape index (κ3) is 6.67. The summed E-state index contributed by atoms with van der Waals surface area (Å²) in [6.45, 7) is 1.59. The molecule has 1 N–H and O–H groups in total. The summed E-state index contributed by atoms with van der Waals surface area (Å²) in [5, 5.41) is 2.49. The van der Waals surface area contributed by atoms with Gasteiger partial charge in [-0.05, 0) is 5.56 Å². The van der Waals surface area contributed by atoms with Gasteiger partial charge < -0.3 is 14.8 Å². The van der Waals surface area contributed by atoms with E-state index in [-0.39, 0.29) is 19.0 Å². The average molecular weight is 286 g/mol. The highest BCUT2D eigenvalue weighted by atomic mass is 35.5. The van der Waals surface area contributed by atoms with E-state index < -0.39 is 18.2 Å². The maximum atomic E-state index is 11.4. The molecule has 1 amide bonds. The van der Waals surface area contributed by atoms with Crippen LogP contribution >= 0.6 is 11.6 Å². The number of nitrogens with one attached hydrogen (secondary N) is 1. The first-order chi connectivity index (χ1) is 9.11. The lowest BCUT2D eigenvalue weighted by atomic mass is 10.2. The smallest absolute Gasteiger partial charge is 0.407 e. The molecule has 1 rings (SSSR count). The monoisotopic (exact) mass is 285 g/mol.